The fraction of sp³-hybridized carbons (Fsp3) is 0.300. The predicted octanol–water partition coefficient (Wildman–Crippen LogP) is 1.06. The molecular formula is C10H12BrN5. The van der Waals surface area contributed by atoms with E-state index in [0.29, 0.717) is 12.4 Å². The third-order valence-corrected chi connectivity index (χ3v) is 3.07. The van der Waals surface area contributed by atoms with E-state index in [2.05, 4.69) is 31.3 Å². The van der Waals surface area contributed by atoms with Crippen molar-refractivity contribution in [1.29, 1.82) is 0 Å². The van der Waals surface area contributed by atoms with Gasteiger partial charge >= 0.3 is 0 Å². The number of rotatable bonds is 3. The van der Waals surface area contributed by atoms with E-state index in [1.807, 2.05) is 24.3 Å². The maximum Gasteiger partial charge on any atom is 0.183 e. The maximum atomic E-state index is 5.78. The third kappa shape index (κ3) is 2.12. The quantitative estimate of drug-likeness (QED) is 0.914. The standard InChI is InChI=1S/C10H12BrN5/c1-16-14-10(13-15-16)8(6-12)7-4-2-3-5-9(7)11/h2-5,8H,6,12H2,1H3. The lowest BCUT2D eigenvalue weighted by Gasteiger charge is -2.12. The highest BCUT2D eigenvalue weighted by atomic mass is 79.9. The van der Waals surface area contributed by atoms with Crippen LogP contribution in [-0.4, -0.2) is 26.8 Å². The van der Waals surface area contributed by atoms with Crippen molar-refractivity contribution >= 4 is 15.9 Å². The number of aromatic nitrogens is 4. The van der Waals surface area contributed by atoms with Gasteiger partial charge in [-0.05, 0) is 16.8 Å². The summed E-state index contributed by atoms with van der Waals surface area (Å²) in [5, 5.41) is 12.0. The Hall–Kier alpha value is -1.27. The summed E-state index contributed by atoms with van der Waals surface area (Å²) in [5.74, 6) is 0.626. The Bertz CT molecular complexity index is 482. The first-order chi connectivity index (χ1) is 7.72. The van der Waals surface area contributed by atoms with Crippen molar-refractivity contribution in [2.24, 2.45) is 12.8 Å². The lowest BCUT2D eigenvalue weighted by atomic mass is 9.99. The van der Waals surface area contributed by atoms with Crippen molar-refractivity contribution in [3.63, 3.8) is 0 Å². The Morgan fingerprint density at radius 1 is 1.44 bits per heavy atom. The van der Waals surface area contributed by atoms with Gasteiger partial charge in [0.25, 0.3) is 0 Å². The lowest BCUT2D eigenvalue weighted by Crippen LogP contribution is -2.16. The molecule has 0 spiro atoms. The Morgan fingerprint density at radius 3 is 2.75 bits per heavy atom. The summed E-state index contributed by atoms with van der Waals surface area (Å²) in [6.45, 7) is 0.453. The number of benzene rings is 1. The van der Waals surface area contributed by atoms with Crippen LogP contribution in [0.2, 0.25) is 0 Å². The highest BCUT2D eigenvalue weighted by Crippen LogP contribution is 2.27. The molecular weight excluding hydrogens is 270 g/mol. The van der Waals surface area contributed by atoms with Gasteiger partial charge < -0.3 is 5.73 Å². The fourth-order valence-corrected chi connectivity index (χ4v) is 2.13. The van der Waals surface area contributed by atoms with Gasteiger partial charge in [-0.3, -0.25) is 0 Å². The summed E-state index contributed by atoms with van der Waals surface area (Å²) in [5.41, 5.74) is 6.86. The van der Waals surface area contributed by atoms with Crippen molar-refractivity contribution < 1.29 is 0 Å². The van der Waals surface area contributed by atoms with Gasteiger partial charge in [0.1, 0.15) is 0 Å². The second kappa shape index (κ2) is 4.71. The lowest BCUT2D eigenvalue weighted by molar-refractivity contribution is 0.624. The molecule has 1 unspecified atom stereocenters. The molecule has 0 saturated heterocycles. The van der Waals surface area contributed by atoms with Gasteiger partial charge in [0, 0.05) is 11.0 Å². The minimum absolute atomic E-state index is 0.0238. The van der Waals surface area contributed by atoms with E-state index in [1.165, 1.54) is 4.80 Å². The van der Waals surface area contributed by atoms with E-state index in [1.54, 1.807) is 7.05 Å². The van der Waals surface area contributed by atoms with E-state index >= 15 is 0 Å². The molecule has 0 amide bonds. The second-order valence-electron chi connectivity index (χ2n) is 3.45. The van der Waals surface area contributed by atoms with E-state index < -0.39 is 0 Å². The molecule has 0 aliphatic rings. The van der Waals surface area contributed by atoms with Crippen LogP contribution < -0.4 is 5.73 Å². The molecule has 5 nitrogen and oxygen atoms in total. The van der Waals surface area contributed by atoms with Crippen LogP contribution in [0.5, 0.6) is 0 Å². The molecule has 1 aromatic heterocycles. The Kier molecular flexibility index (Phi) is 3.31. The number of nitrogens with zero attached hydrogens (tertiary/aromatic N) is 4. The molecule has 1 heterocycles. The smallest absolute Gasteiger partial charge is 0.183 e. The number of nitrogens with two attached hydrogens (primary N) is 1. The van der Waals surface area contributed by atoms with Gasteiger partial charge in [-0.15, -0.1) is 10.2 Å². The third-order valence-electron chi connectivity index (χ3n) is 2.35. The number of hydrogen-bond donors (Lipinski definition) is 1. The van der Waals surface area contributed by atoms with Crippen molar-refractivity contribution in [3.05, 3.63) is 40.1 Å². The van der Waals surface area contributed by atoms with Crippen molar-refractivity contribution in [2.45, 2.75) is 5.92 Å². The van der Waals surface area contributed by atoms with Crippen LogP contribution >= 0.6 is 15.9 Å². The molecule has 0 bridgehead atoms. The fourth-order valence-electron chi connectivity index (χ4n) is 1.57. The molecule has 1 aromatic carbocycles. The van der Waals surface area contributed by atoms with Crippen LogP contribution in [-0.2, 0) is 7.05 Å². The molecule has 2 rings (SSSR count). The van der Waals surface area contributed by atoms with E-state index in [-0.39, 0.29) is 5.92 Å². The Labute approximate surface area is 102 Å². The SMILES string of the molecule is Cn1nnc(C(CN)c2ccccc2Br)n1. The highest BCUT2D eigenvalue weighted by Gasteiger charge is 2.19. The molecule has 0 aliphatic heterocycles. The molecule has 1 atom stereocenters. The maximum absolute atomic E-state index is 5.78. The summed E-state index contributed by atoms with van der Waals surface area (Å²) in [6, 6.07) is 7.93. The van der Waals surface area contributed by atoms with Gasteiger partial charge in [-0.1, -0.05) is 34.1 Å². The average Bonchev–Trinajstić information content (AvgIpc) is 2.69. The molecule has 6 heteroatoms. The van der Waals surface area contributed by atoms with Crippen molar-refractivity contribution in [2.75, 3.05) is 6.54 Å². The van der Waals surface area contributed by atoms with Gasteiger partial charge in [0.05, 0.1) is 13.0 Å². The molecule has 2 N–H and O–H groups in total. The van der Waals surface area contributed by atoms with Gasteiger partial charge in [-0.25, -0.2) is 0 Å². The minimum Gasteiger partial charge on any atom is -0.329 e. The minimum atomic E-state index is -0.0238. The first kappa shape index (κ1) is 11.2. The van der Waals surface area contributed by atoms with E-state index in [4.69, 9.17) is 5.73 Å². The molecule has 0 aliphatic carbocycles. The molecule has 16 heavy (non-hydrogen) atoms. The number of halogens is 1. The molecule has 2 aromatic rings. The Morgan fingerprint density at radius 2 is 2.19 bits per heavy atom. The normalized spacial score (nSPS) is 12.7. The number of aryl methyl sites for hydroxylation is 1. The summed E-state index contributed by atoms with van der Waals surface area (Å²) in [6.07, 6.45) is 0. The first-order valence-corrected chi connectivity index (χ1v) is 5.70. The largest absolute Gasteiger partial charge is 0.329 e. The molecule has 0 saturated carbocycles. The van der Waals surface area contributed by atoms with Crippen LogP contribution in [0.4, 0.5) is 0 Å². The monoisotopic (exact) mass is 281 g/mol. The topological polar surface area (TPSA) is 69.6 Å². The first-order valence-electron chi connectivity index (χ1n) is 4.90. The van der Waals surface area contributed by atoms with Crippen LogP contribution in [0.15, 0.2) is 28.7 Å². The summed E-state index contributed by atoms with van der Waals surface area (Å²) < 4.78 is 1.01. The van der Waals surface area contributed by atoms with Gasteiger partial charge in [0.2, 0.25) is 0 Å². The summed E-state index contributed by atoms with van der Waals surface area (Å²) in [4.78, 5) is 1.44. The van der Waals surface area contributed by atoms with Crippen LogP contribution in [0.1, 0.15) is 17.3 Å². The zero-order valence-corrected chi connectivity index (χ0v) is 10.4. The van der Waals surface area contributed by atoms with E-state index in [9.17, 15) is 0 Å². The molecule has 0 radical (unpaired) electrons. The zero-order valence-electron chi connectivity index (χ0n) is 8.84. The van der Waals surface area contributed by atoms with Crippen molar-refractivity contribution in [1.82, 2.24) is 20.2 Å². The van der Waals surface area contributed by atoms with Crippen LogP contribution in [0, 0.1) is 0 Å². The number of hydrogen-bond acceptors (Lipinski definition) is 4. The predicted molar refractivity (Wildman–Crippen MR) is 63.8 cm³/mol. The Balaban J connectivity index is 2.40. The van der Waals surface area contributed by atoms with Gasteiger partial charge in [-0.2, -0.15) is 4.80 Å². The highest BCUT2D eigenvalue weighted by molar-refractivity contribution is 9.10. The zero-order chi connectivity index (χ0) is 11.5. The molecule has 84 valence electrons. The van der Waals surface area contributed by atoms with Crippen LogP contribution in [0.3, 0.4) is 0 Å². The summed E-state index contributed by atoms with van der Waals surface area (Å²) in [7, 11) is 1.74. The van der Waals surface area contributed by atoms with E-state index in [0.717, 1.165) is 10.0 Å². The molecule has 0 fully saturated rings. The summed E-state index contributed by atoms with van der Waals surface area (Å²) >= 11 is 3.50. The second-order valence-corrected chi connectivity index (χ2v) is 4.30. The number of tetrazole rings is 1. The van der Waals surface area contributed by atoms with Gasteiger partial charge in [0.15, 0.2) is 5.82 Å². The van der Waals surface area contributed by atoms with Crippen molar-refractivity contribution in [3.8, 4) is 0 Å². The van der Waals surface area contributed by atoms with Crippen LogP contribution in [0.25, 0.3) is 0 Å². The average molecular weight is 282 g/mol.